The molecule has 0 bridgehead atoms. The van der Waals surface area contributed by atoms with Gasteiger partial charge < -0.3 is 20.9 Å². The van der Waals surface area contributed by atoms with Gasteiger partial charge in [-0.05, 0) is 57.1 Å². The van der Waals surface area contributed by atoms with E-state index in [1.165, 1.54) is 0 Å². The summed E-state index contributed by atoms with van der Waals surface area (Å²) >= 11 is 11.7. The van der Waals surface area contributed by atoms with Crippen molar-refractivity contribution in [3.05, 3.63) is 52.8 Å². The number of anilines is 4. The van der Waals surface area contributed by atoms with Crippen LogP contribution in [0.25, 0.3) is 11.3 Å². The highest BCUT2D eigenvalue weighted by molar-refractivity contribution is 7.80. The number of rotatable bonds is 4. The normalized spacial score (nSPS) is 16.0. The summed E-state index contributed by atoms with van der Waals surface area (Å²) in [5, 5.41) is 10.6. The first kappa shape index (κ1) is 22.0. The minimum absolute atomic E-state index is 0.523. The first-order chi connectivity index (χ1) is 16.0. The topological polar surface area (TPSA) is 78.0 Å². The van der Waals surface area contributed by atoms with Gasteiger partial charge in [0.15, 0.2) is 0 Å². The van der Waals surface area contributed by atoms with Gasteiger partial charge in [-0.25, -0.2) is 15.0 Å². The van der Waals surface area contributed by atoms with Gasteiger partial charge in [-0.1, -0.05) is 23.8 Å². The number of fused-ring (bicyclic) bond motifs is 3. The van der Waals surface area contributed by atoms with Crippen LogP contribution in [0.1, 0.15) is 24.1 Å². The summed E-state index contributed by atoms with van der Waals surface area (Å²) in [6, 6.07) is 10.4. The lowest BCUT2D eigenvalue weighted by molar-refractivity contribution is 0.440. The Kier molecular flexibility index (Phi) is 6.14. The standard InChI is InChI=1S/C24H26ClN7S/c1-14-19(5-6-21(28-14)32-9-7-17(26-2)8-10-32)30-24-27-13-15-11-22(33)29-20-12-16(25)3-4-18(20)23(15)31-24/h3-6,12-13,17,26H,7-11H2,1-2H3,(H,29,33)(H,27,30,31). The molecular formula is C24H26ClN7S. The van der Waals surface area contributed by atoms with E-state index in [0.29, 0.717) is 23.4 Å². The SMILES string of the molecule is CNC1CCN(c2ccc(Nc3ncc4c(n3)-c3ccc(Cl)cc3NC(=S)C4)c(C)n2)CC1. The van der Waals surface area contributed by atoms with Gasteiger partial charge in [0.25, 0.3) is 0 Å². The number of benzene rings is 1. The molecule has 5 rings (SSSR count). The molecule has 0 spiro atoms. The van der Waals surface area contributed by atoms with Gasteiger partial charge in [0, 0.05) is 53.6 Å². The zero-order chi connectivity index (χ0) is 22.9. The number of thiocarbonyl (C=S) groups is 1. The Morgan fingerprint density at radius 3 is 2.73 bits per heavy atom. The second-order valence-electron chi connectivity index (χ2n) is 8.46. The number of halogens is 1. The fraction of sp³-hybridized carbons (Fsp3) is 0.333. The third kappa shape index (κ3) is 4.64. The molecule has 2 aliphatic heterocycles. The fourth-order valence-electron chi connectivity index (χ4n) is 4.40. The lowest BCUT2D eigenvalue weighted by Crippen LogP contribution is -2.41. The molecule has 0 saturated carbocycles. The Balaban J connectivity index is 1.40. The molecule has 3 N–H and O–H groups in total. The Morgan fingerprint density at radius 2 is 1.97 bits per heavy atom. The number of hydrogen-bond acceptors (Lipinski definition) is 7. The molecule has 0 unspecified atom stereocenters. The molecule has 1 aromatic carbocycles. The summed E-state index contributed by atoms with van der Waals surface area (Å²) in [4.78, 5) is 17.3. The lowest BCUT2D eigenvalue weighted by atomic mass is 10.1. The van der Waals surface area contributed by atoms with Gasteiger partial charge >= 0.3 is 0 Å². The number of piperidine rings is 1. The minimum Gasteiger partial charge on any atom is -0.356 e. The van der Waals surface area contributed by atoms with E-state index in [4.69, 9.17) is 33.8 Å². The molecule has 2 aliphatic rings. The first-order valence-electron chi connectivity index (χ1n) is 11.1. The van der Waals surface area contributed by atoms with Gasteiger partial charge in [0.05, 0.1) is 22.1 Å². The van der Waals surface area contributed by atoms with Gasteiger partial charge in [-0.2, -0.15) is 0 Å². The quantitative estimate of drug-likeness (QED) is 0.464. The van der Waals surface area contributed by atoms with Crippen molar-refractivity contribution in [3.63, 3.8) is 0 Å². The molecule has 4 heterocycles. The van der Waals surface area contributed by atoms with Gasteiger partial charge in [-0.15, -0.1) is 0 Å². The van der Waals surface area contributed by atoms with E-state index < -0.39 is 0 Å². The van der Waals surface area contributed by atoms with Crippen molar-refractivity contribution in [1.82, 2.24) is 20.3 Å². The molecular weight excluding hydrogens is 454 g/mol. The average Bonchev–Trinajstić information content (AvgIpc) is 2.95. The second kappa shape index (κ2) is 9.21. The predicted octanol–water partition coefficient (Wildman–Crippen LogP) is 4.73. The van der Waals surface area contributed by atoms with Crippen LogP contribution in [0.3, 0.4) is 0 Å². The third-order valence-electron chi connectivity index (χ3n) is 6.27. The number of pyridine rings is 1. The molecule has 0 amide bonds. The van der Waals surface area contributed by atoms with E-state index in [1.807, 2.05) is 38.4 Å². The Hall–Kier alpha value is -2.81. The van der Waals surface area contributed by atoms with E-state index in [9.17, 15) is 0 Å². The fourth-order valence-corrected chi connectivity index (χ4v) is 4.83. The summed E-state index contributed by atoms with van der Waals surface area (Å²) in [5.41, 5.74) is 5.45. The monoisotopic (exact) mass is 479 g/mol. The number of nitrogens with zero attached hydrogens (tertiary/aromatic N) is 4. The van der Waals surface area contributed by atoms with E-state index in [1.54, 1.807) is 0 Å². The molecule has 0 aliphatic carbocycles. The molecule has 7 nitrogen and oxygen atoms in total. The van der Waals surface area contributed by atoms with Crippen molar-refractivity contribution in [2.45, 2.75) is 32.2 Å². The highest BCUT2D eigenvalue weighted by atomic mass is 35.5. The van der Waals surface area contributed by atoms with Crippen LogP contribution < -0.4 is 20.9 Å². The zero-order valence-corrected chi connectivity index (χ0v) is 20.2. The molecule has 0 atom stereocenters. The predicted molar refractivity (Wildman–Crippen MR) is 139 cm³/mol. The van der Waals surface area contributed by atoms with E-state index in [-0.39, 0.29) is 0 Å². The third-order valence-corrected chi connectivity index (χ3v) is 6.75. The smallest absolute Gasteiger partial charge is 0.227 e. The van der Waals surface area contributed by atoms with Crippen LogP contribution in [-0.2, 0) is 6.42 Å². The molecule has 0 radical (unpaired) electrons. The molecule has 9 heteroatoms. The summed E-state index contributed by atoms with van der Waals surface area (Å²) in [7, 11) is 2.03. The molecule has 3 aromatic rings. The van der Waals surface area contributed by atoms with Crippen molar-refractivity contribution in [2.75, 3.05) is 35.7 Å². The summed E-state index contributed by atoms with van der Waals surface area (Å²) in [6.07, 6.45) is 4.68. The maximum atomic E-state index is 6.20. The zero-order valence-electron chi connectivity index (χ0n) is 18.7. The largest absolute Gasteiger partial charge is 0.356 e. The van der Waals surface area contributed by atoms with Gasteiger partial charge in [0.1, 0.15) is 5.82 Å². The highest BCUT2D eigenvalue weighted by Gasteiger charge is 2.21. The summed E-state index contributed by atoms with van der Waals surface area (Å²) < 4.78 is 0. The number of aryl methyl sites for hydroxylation is 1. The van der Waals surface area contributed by atoms with Crippen molar-refractivity contribution < 1.29 is 0 Å². The van der Waals surface area contributed by atoms with Crippen molar-refractivity contribution >= 4 is 51.9 Å². The molecule has 170 valence electrons. The van der Waals surface area contributed by atoms with Crippen molar-refractivity contribution in [2.24, 2.45) is 0 Å². The Morgan fingerprint density at radius 1 is 1.15 bits per heavy atom. The molecule has 1 fully saturated rings. The van der Waals surface area contributed by atoms with Crippen molar-refractivity contribution in [3.8, 4) is 11.3 Å². The molecule has 2 aromatic heterocycles. The van der Waals surface area contributed by atoms with E-state index in [2.05, 4.69) is 38.0 Å². The van der Waals surface area contributed by atoms with Crippen LogP contribution in [0.4, 0.5) is 23.1 Å². The van der Waals surface area contributed by atoms with Crippen molar-refractivity contribution in [1.29, 1.82) is 0 Å². The average molecular weight is 480 g/mol. The van der Waals surface area contributed by atoms with E-state index in [0.717, 1.165) is 70.6 Å². The maximum Gasteiger partial charge on any atom is 0.227 e. The Labute approximate surface area is 204 Å². The molecule has 1 saturated heterocycles. The van der Waals surface area contributed by atoms with Crippen LogP contribution in [-0.4, -0.2) is 46.1 Å². The summed E-state index contributed by atoms with van der Waals surface area (Å²) in [5.74, 6) is 1.54. The minimum atomic E-state index is 0.523. The number of aromatic nitrogens is 3. The van der Waals surface area contributed by atoms with Crippen LogP contribution in [0, 0.1) is 6.92 Å². The van der Waals surface area contributed by atoms with Crippen LogP contribution >= 0.6 is 23.8 Å². The number of hydrogen-bond donors (Lipinski definition) is 3. The second-order valence-corrected chi connectivity index (χ2v) is 9.39. The highest BCUT2D eigenvalue weighted by Crippen LogP contribution is 2.35. The molecule has 33 heavy (non-hydrogen) atoms. The lowest BCUT2D eigenvalue weighted by Gasteiger charge is -2.32. The van der Waals surface area contributed by atoms with Gasteiger partial charge in [0.2, 0.25) is 5.95 Å². The number of nitrogens with one attached hydrogen (secondary N) is 3. The van der Waals surface area contributed by atoms with Crippen LogP contribution in [0.2, 0.25) is 5.02 Å². The van der Waals surface area contributed by atoms with Gasteiger partial charge in [-0.3, -0.25) is 0 Å². The summed E-state index contributed by atoms with van der Waals surface area (Å²) in [6.45, 7) is 4.03. The maximum absolute atomic E-state index is 6.20. The van der Waals surface area contributed by atoms with Crippen LogP contribution in [0.15, 0.2) is 36.5 Å². The van der Waals surface area contributed by atoms with E-state index >= 15 is 0 Å². The first-order valence-corrected chi connectivity index (χ1v) is 11.9. The Bertz CT molecular complexity index is 1210. The van der Waals surface area contributed by atoms with Crippen LogP contribution in [0.5, 0.6) is 0 Å².